The van der Waals surface area contributed by atoms with E-state index in [1.165, 1.54) is 32.0 Å². The number of nitrogens with zero attached hydrogens (tertiary/aromatic N) is 4. The zero-order chi connectivity index (χ0) is 20.2. The van der Waals surface area contributed by atoms with Gasteiger partial charge in [0.15, 0.2) is 19.1 Å². The fourth-order valence-corrected chi connectivity index (χ4v) is 4.78. The number of unbranched alkanes of at least 4 members (excludes halogenated alkanes) is 3. The molecule has 0 amide bonds. The Morgan fingerprint density at radius 2 is 1.85 bits per heavy atom. The summed E-state index contributed by atoms with van der Waals surface area (Å²) in [5, 5.41) is 0.581. The Labute approximate surface area is 170 Å². The van der Waals surface area contributed by atoms with E-state index in [9.17, 15) is 0 Å². The molecule has 0 aliphatic carbocycles. The predicted molar refractivity (Wildman–Crippen MR) is 116 cm³/mol. The molecule has 0 aliphatic heterocycles. The highest BCUT2D eigenvalue weighted by atomic mass is 35.5. The second-order valence-corrected chi connectivity index (χ2v) is 14.1. The molecular weight excluding hydrogens is 376 g/mol. The molecule has 0 fully saturated rings. The minimum absolute atomic E-state index is 0.0821. The molecule has 2 rings (SSSR count). The minimum Gasteiger partial charge on any atom is -0.412 e. The third-order valence-corrected chi connectivity index (χ3v) is 10.7. The number of halogens is 1. The molecule has 2 aromatic heterocycles. The van der Waals surface area contributed by atoms with E-state index in [1.54, 1.807) is 0 Å². The molecule has 2 atom stereocenters. The molecule has 0 saturated carbocycles. The van der Waals surface area contributed by atoms with Gasteiger partial charge in [-0.3, -0.25) is 0 Å². The lowest BCUT2D eigenvalue weighted by atomic mass is 10.0. The van der Waals surface area contributed by atoms with Gasteiger partial charge in [-0.1, -0.05) is 65.0 Å². The first-order valence-electron chi connectivity index (χ1n) is 10.1. The van der Waals surface area contributed by atoms with E-state index in [-0.39, 0.29) is 17.2 Å². The van der Waals surface area contributed by atoms with Crippen LogP contribution in [0.5, 0.6) is 0 Å². The topological polar surface area (TPSA) is 52.8 Å². The van der Waals surface area contributed by atoms with Crippen molar-refractivity contribution in [3.8, 4) is 0 Å². The van der Waals surface area contributed by atoms with Crippen LogP contribution in [0.2, 0.25) is 23.3 Å². The monoisotopic (exact) mass is 410 g/mol. The van der Waals surface area contributed by atoms with Gasteiger partial charge in [-0.2, -0.15) is 0 Å². The van der Waals surface area contributed by atoms with Crippen LogP contribution in [0.15, 0.2) is 12.7 Å². The predicted octanol–water partition coefficient (Wildman–Crippen LogP) is 6.40. The van der Waals surface area contributed by atoms with Gasteiger partial charge < -0.3 is 8.99 Å². The van der Waals surface area contributed by atoms with Crippen molar-refractivity contribution in [2.75, 3.05) is 0 Å². The molecule has 0 N–H and O–H groups in total. The van der Waals surface area contributed by atoms with Crippen LogP contribution in [-0.2, 0) is 4.43 Å². The summed E-state index contributed by atoms with van der Waals surface area (Å²) in [5.74, 6) is 0. The lowest BCUT2D eigenvalue weighted by Gasteiger charge is -2.40. The lowest BCUT2D eigenvalue weighted by molar-refractivity contribution is 0.132. The van der Waals surface area contributed by atoms with Crippen LogP contribution in [-0.4, -0.2) is 33.9 Å². The normalized spacial score (nSPS) is 15.3. The van der Waals surface area contributed by atoms with Gasteiger partial charge in [0.2, 0.25) is 0 Å². The lowest BCUT2D eigenvalue weighted by Crippen LogP contribution is -2.45. The Morgan fingerprint density at radius 1 is 1.15 bits per heavy atom. The first-order valence-corrected chi connectivity index (χ1v) is 13.4. The van der Waals surface area contributed by atoms with Crippen LogP contribution in [0.3, 0.4) is 0 Å². The largest absolute Gasteiger partial charge is 0.412 e. The first kappa shape index (κ1) is 22.3. The average Bonchev–Trinajstić information content (AvgIpc) is 2.98. The molecule has 2 aromatic rings. The Kier molecular flexibility index (Phi) is 7.45. The van der Waals surface area contributed by atoms with E-state index in [1.807, 2.05) is 6.33 Å². The SMILES string of the molecule is CCCCCC[C@@H]([C@@H](C)O[Si](C)(C)C(C)(C)C)n1cnc2c(Cl)ncnc21. The van der Waals surface area contributed by atoms with Crippen molar-refractivity contribution in [2.24, 2.45) is 0 Å². The van der Waals surface area contributed by atoms with E-state index in [4.69, 9.17) is 16.0 Å². The summed E-state index contributed by atoms with van der Waals surface area (Å²) < 4.78 is 8.88. The van der Waals surface area contributed by atoms with Crippen LogP contribution < -0.4 is 0 Å². The summed E-state index contributed by atoms with van der Waals surface area (Å²) in [6.45, 7) is 15.9. The van der Waals surface area contributed by atoms with E-state index in [0.717, 1.165) is 12.1 Å². The fraction of sp³-hybridized carbons (Fsp3) is 0.750. The molecule has 0 saturated heterocycles. The number of aromatic nitrogens is 4. The smallest absolute Gasteiger partial charge is 0.192 e. The molecule has 27 heavy (non-hydrogen) atoms. The second-order valence-electron chi connectivity index (χ2n) is 8.99. The van der Waals surface area contributed by atoms with Gasteiger partial charge in [-0.05, 0) is 31.5 Å². The Hall–Kier alpha value is -0.983. The molecule has 2 heterocycles. The van der Waals surface area contributed by atoms with Crippen molar-refractivity contribution >= 4 is 31.1 Å². The fourth-order valence-electron chi connectivity index (χ4n) is 3.17. The van der Waals surface area contributed by atoms with Crippen molar-refractivity contribution in [3.05, 3.63) is 17.8 Å². The molecule has 152 valence electrons. The van der Waals surface area contributed by atoms with Gasteiger partial charge in [0.25, 0.3) is 0 Å². The third kappa shape index (κ3) is 5.30. The van der Waals surface area contributed by atoms with Crippen molar-refractivity contribution in [3.63, 3.8) is 0 Å². The Morgan fingerprint density at radius 3 is 2.48 bits per heavy atom. The Bertz CT molecular complexity index is 741. The maximum absolute atomic E-state index is 6.74. The second kappa shape index (κ2) is 9.01. The maximum atomic E-state index is 6.74. The number of hydrogen-bond donors (Lipinski definition) is 0. The van der Waals surface area contributed by atoms with Crippen molar-refractivity contribution < 1.29 is 4.43 Å². The standard InChI is InChI=1S/C20H35ClN4OSi/c1-8-9-10-11-12-16(15(2)26-27(6,7)20(3,4)5)25-14-24-17-18(21)22-13-23-19(17)25/h13-16H,8-12H2,1-7H3/t15-,16+/m1/s1. The van der Waals surface area contributed by atoms with Gasteiger partial charge in [-0.25, -0.2) is 15.0 Å². The molecule has 0 bridgehead atoms. The summed E-state index contributed by atoms with van der Waals surface area (Å²) in [6.07, 6.45) is 9.39. The molecule has 0 aliphatic rings. The minimum atomic E-state index is -1.87. The van der Waals surface area contributed by atoms with E-state index in [0.29, 0.717) is 10.7 Å². The number of imidazole rings is 1. The molecule has 7 heteroatoms. The summed E-state index contributed by atoms with van der Waals surface area (Å²) in [4.78, 5) is 13.0. The van der Waals surface area contributed by atoms with Gasteiger partial charge in [0.1, 0.15) is 11.8 Å². The molecular formula is C20H35ClN4OSi. The highest BCUT2D eigenvalue weighted by Crippen LogP contribution is 2.39. The Balaban J connectivity index is 2.31. The van der Waals surface area contributed by atoms with E-state index < -0.39 is 8.32 Å². The third-order valence-electron chi connectivity index (χ3n) is 5.85. The molecule has 0 radical (unpaired) electrons. The zero-order valence-corrected chi connectivity index (χ0v) is 19.7. The number of fused-ring (bicyclic) bond motifs is 1. The summed E-state index contributed by atoms with van der Waals surface area (Å²) >= 11 is 6.22. The van der Waals surface area contributed by atoms with Crippen molar-refractivity contribution in [2.45, 2.75) is 97.0 Å². The maximum Gasteiger partial charge on any atom is 0.192 e. The van der Waals surface area contributed by atoms with E-state index >= 15 is 0 Å². The molecule has 0 unspecified atom stereocenters. The first-order chi connectivity index (χ1) is 12.6. The van der Waals surface area contributed by atoms with Gasteiger partial charge >= 0.3 is 0 Å². The molecule has 5 nitrogen and oxygen atoms in total. The van der Waals surface area contributed by atoms with Gasteiger partial charge in [0, 0.05) is 0 Å². The zero-order valence-electron chi connectivity index (χ0n) is 17.9. The van der Waals surface area contributed by atoms with Crippen molar-refractivity contribution in [1.29, 1.82) is 0 Å². The highest BCUT2D eigenvalue weighted by Gasteiger charge is 2.40. The number of hydrogen-bond acceptors (Lipinski definition) is 4. The van der Waals surface area contributed by atoms with Gasteiger partial charge in [-0.15, -0.1) is 0 Å². The van der Waals surface area contributed by atoms with Gasteiger partial charge in [0.05, 0.1) is 18.5 Å². The molecule has 0 spiro atoms. The average molecular weight is 411 g/mol. The van der Waals surface area contributed by atoms with Crippen LogP contribution >= 0.6 is 11.6 Å². The summed E-state index contributed by atoms with van der Waals surface area (Å²) in [6, 6.07) is 0.187. The highest BCUT2D eigenvalue weighted by molar-refractivity contribution is 6.74. The quantitative estimate of drug-likeness (QED) is 0.272. The van der Waals surface area contributed by atoms with E-state index in [2.05, 4.69) is 67.2 Å². The van der Waals surface area contributed by atoms with Crippen LogP contribution in [0.25, 0.3) is 11.2 Å². The van der Waals surface area contributed by atoms with Crippen LogP contribution in [0, 0.1) is 0 Å². The summed E-state index contributed by atoms with van der Waals surface area (Å²) in [5.41, 5.74) is 1.46. The number of rotatable bonds is 9. The summed E-state index contributed by atoms with van der Waals surface area (Å²) in [7, 11) is -1.87. The molecule has 0 aromatic carbocycles. The van der Waals surface area contributed by atoms with Crippen LogP contribution in [0.1, 0.15) is 72.8 Å². The van der Waals surface area contributed by atoms with Crippen molar-refractivity contribution in [1.82, 2.24) is 19.5 Å². The van der Waals surface area contributed by atoms with Crippen LogP contribution in [0.4, 0.5) is 0 Å².